The summed E-state index contributed by atoms with van der Waals surface area (Å²) in [5, 5.41) is 120. The van der Waals surface area contributed by atoms with E-state index in [-0.39, 0.29) is 51.7 Å². The number of carbonyl (C=O) groups is 9. The fourth-order valence-corrected chi connectivity index (χ4v) is 12.2. The number of phenolic OH excluding ortho intramolecular Hbond substituents is 3. The Hall–Kier alpha value is -9.77. The maximum absolute atomic E-state index is 16.0. The van der Waals surface area contributed by atoms with Crippen LogP contribution in [0.1, 0.15) is 126 Å². The molecule has 1 saturated heterocycles. The zero-order valence-corrected chi connectivity index (χ0v) is 57.8. The van der Waals surface area contributed by atoms with Crippen molar-refractivity contribution in [3.8, 4) is 57.1 Å². The summed E-state index contributed by atoms with van der Waals surface area (Å²) in [6, 6.07) is -0.630. The van der Waals surface area contributed by atoms with E-state index < -0.39 is 218 Å². The number of likely N-dealkylation sites (N-methyl/N-ethyl adjacent to an activating group) is 1. The number of fused-ring (bicyclic) bond motifs is 15. The van der Waals surface area contributed by atoms with E-state index >= 15 is 24.0 Å². The number of ether oxygens (including phenoxy) is 5. The quantitative estimate of drug-likeness (QED) is 0.0902. The van der Waals surface area contributed by atoms with Crippen LogP contribution in [0.15, 0.2) is 78.9 Å². The van der Waals surface area contributed by atoms with Crippen molar-refractivity contribution >= 4 is 76.6 Å². The molecule has 102 heavy (non-hydrogen) atoms. The van der Waals surface area contributed by atoms with Crippen LogP contribution in [-0.4, -0.2) is 184 Å². The summed E-state index contributed by atoms with van der Waals surface area (Å²) in [4.78, 5) is 134. The van der Waals surface area contributed by atoms with Gasteiger partial charge < -0.3 is 113 Å². The van der Waals surface area contributed by atoms with Gasteiger partial charge in [0, 0.05) is 29.8 Å². The van der Waals surface area contributed by atoms with E-state index in [1.54, 1.807) is 55.4 Å². The fraction of sp³-hybridized carbons (Fsp3) is 0.426. The van der Waals surface area contributed by atoms with E-state index in [1.165, 1.54) is 19.2 Å². The zero-order valence-electron chi connectivity index (χ0n) is 56.3. The first-order chi connectivity index (χ1) is 47.7. The van der Waals surface area contributed by atoms with Gasteiger partial charge in [0.1, 0.15) is 113 Å². The Morgan fingerprint density at radius 3 is 1.80 bits per heavy atom. The first-order valence-electron chi connectivity index (χ1n) is 32.0. The van der Waals surface area contributed by atoms with E-state index in [9.17, 15) is 65.1 Å². The largest absolute Gasteiger partial charge is 0.508 e. The predicted octanol–water partition coefficient (Wildman–Crippen LogP) is 2.35. The fourth-order valence-electron chi connectivity index (χ4n) is 11.7. The maximum Gasteiger partial charge on any atom is 0.410 e. The number of phenols is 3. The second kappa shape index (κ2) is 30.4. The number of amides is 9. The molecule has 32 nitrogen and oxygen atoms in total. The average molecular weight is 1460 g/mol. The van der Waals surface area contributed by atoms with Crippen molar-refractivity contribution in [2.24, 2.45) is 11.7 Å². The molecule has 11 bridgehead atoms. The highest BCUT2D eigenvalue weighted by molar-refractivity contribution is 6.32. The molecule has 14 atom stereocenters. The van der Waals surface area contributed by atoms with Crippen molar-refractivity contribution < 1.29 is 113 Å². The predicted molar refractivity (Wildman–Crippen MR) is 358 cm³/mol. The SMILES string of the molecule is CC(C)C[C@H](C(=O)NC1C(=O)NC(CC(N)=O)C(=O)NC2C(=O)N[C@H]3C(=O)N[C@H](C(=O)N[C@@H](C(=O)NC(C)(C)C)c4cc(O)cc(O)c4-c4cc3ccc4O)[C@H](O)c3ccc(c(Cl)c3)Oc3cc2cc(c3O[C@H]2O[C@H](CO)[C@@H](O)[C@H](O)[C@H]2O)Oc2ccc(cc2Cl)[C@H]1O)N(C)C(=O)OC(C)(C)C. The summed E-state index contributed by atoms with van der Waals surface area (Å²) in [6.45, 7) is 12.1. The lowest BCUT2D eigenvalue weighted by Crippen LogP contribution is -2.60. The number of hydrogen-bond acceptors (Lipinski definition) is 23. The van der Waals surface area contributed by atoms with Crippen molar-refractivity contribution in [3.05, 3.63) is 117 Å². The summed E-state index contributed by atoms with van der Waals surface area (Å²) >= 11 is 14.0. The number of halogens is 2. The molecule has 6 aliphatic heterocycles. The van der Waals surface area contributed by atoms with Gasteiger partial charge in [0.15, 0.2) is 11.5 Å². The van der Waals surface area contributed by atoms with E-state index in [2.05, 4.69) is 37.2 Å². The van der Waals surface area contributed by atoms with Gasteiger partial charge in [-0.2, -0.15) is 0 Å². The molecule has 5 aromatic carbocycles. The molecule has 1 fully saturated rings. The van der Waals surface area contributed by atoms with Crippen LogP contribution in [-0.2, 0) is 47.8 Å². The summed E-state index contributed by atoms with van der Waals surface area (Å²) in [6.07, 6.45) is -16.4. The Balaban J connectivity index is 1.30. The number of aliphatic hydroxyl groups excluding tert-OH is 6. The van der Waals surface area contributed by atoms with E-state index in [1.807, 2.05) is 0 Å². The number of nitrogens with zero attached hydrogens (tertiary/aromatic N) is 1. The first kappa shape index (κ1) is 76.4. The van der Waals surface area contributed by atoms with Crippen LogP contribution in [0.3, 0.4) is 0 Å². The van der Waals surface area contributed by atoms with Crippen LogP contribution in [0.2, 0.25) is 10.0 Å². The van der Waals surface area contributed by atoms with E-state index in [0.717, 1.165) is 71.6 Å². The van der Waals surface area contributed by atoms with Crippen molar-refractivity contribution in [1.29, 1.82) is 0 Å². The van der Waals surface area contributed by atoms with Gasteiger partial charge in [-0.1, -0.05) is 55.2 Å². The molecule has 0 aliphatic carbocycles. The van der Waals surface area contributed by atoms with E-state index in [4.69, 9.17) is 52.6 Å². The number of aliphatic hydroxyl groups is 6. The summed E-state index contributed by atoms with van der Waals surface area (Å²) in [7, 11) is 1.27. The smallest absolute Gasteiger partial charge is 0.410 e. The Kier molecular flexibility index (Phi) is 22.8. The van der Waals surface area contributed by atoms with Crippen molar-refractivity contribution in [2.45, 2.75) is 165 Å². The number of aromatic hydroxyl groups is 3. The lowest BCUT2D eigenvalue weighted by atomic mass is 9.89. The van der Waals surface area contributed by atoms with Crippen molar-refractivity contribution in [3.63, 3.8) is 0 Å². The minimum absolute atomic E-state index is 0.0517. The minimum atomic E-state index is -2.35. The standard InChI is InChI=1S/C68H79Cl2N9O23/c1-26(2)16-37(79(9)66(97)102-68(6,7)8)59(91)76-50-52(85)28-11-14-40(34(69)18-28)98-42-20-30-21-43(57(42)101-65-56(89)55(88)54(87)44(25-80)100-65)99-41-15-12-29(19-35(41)70)53(86)51-63(95)75-49(64(96)78-67(3,4)5)33-22-31(81)23-39(83)46(33)32-17-27(10-13-38(32)82)47(60(92)77-51)74-61(93)48(30)73-58(90)36(24-45(71)84)72-62(50)94/h10-15,17-23,26,36-37,44,47-56,65,80-83,85-89H,16,24-25H2,1-9H3,(H2,71,84)(H,72,94)(H,73,90)(H,74,93)(H,75,95)(H,76,91)(H,77,92)(H,78,96)/t36?,37-,44-,47-,48?,49-,50?,51+,52-,53-,54-,55+,56-,65-/m1/s1. The molecule has 0 aromatic heterocycles. The Morgan fingerprint density at radius 1 is 0.657 bits per heavy atom. The molecule has 6 heterocycles. The Morgan fingerprint density at radius 2 is 1.24 bits per heavy atom. The van der Waals surface area contributed by atoms with Crippen LogP contribution >= 0.6 is 23.2 Å². The van der Waals surface area contributed by atoms with Crippen LogP contribution in [0.25, 0.3) is 11.1 Å². The minimum Gasteiger partial charge on any atom is -0.508 e. The number of primary amides is 1. The van der Waals surface area contributed by atoms with Gasteiger partial charge in [-0.3, -0.25) is 43.3 Å². The second-order valence-electron chi connectivity index (χ2n) is 27.3. The molecule has 6 aliphatic rings. The Labute approximate surface area is 592 Å². The van der Waals surface area contributed by atoms with Crippen LogP contribution < -0.4 is 57.2 Å². The number of nitrogens with one attached hydrogen (secondary N) is 7. The van der Waals surface area contributed by atoms with Gasteiger partial charge in [-0.05, 0) is 136 Å². The second-order valence-corrected chi connectivity index (χ2v) is 28.2. The summed E-state index contributed by atoms with van der Waals surface area (Å²) in [5.74, 6) is -15.4. The molecule has 0 radical (unpaired) electrons. The highest BCUT2D eigenvalue weighted by atomic mass is 35.5. The van der Waals surface area contributed by atoms with Crippen LogP contribution in [0.4, 0.5) is 4.79 Å². The van der Waals surface area contributed by atoms with E-state index in [0.29, 0.717) is 0 Å². The molecule has 9 amide bonds. The van der Waals surface area contributed by atoms with Gasteiger partial charge in [0.25, 0.3) is 0 Å². The Bertz CT molecular complexity index is 4130. The number of carbonyl (C=O) groups excluding carboxylic acids is 9. The van der Waals surface area contributed by atoms with Gasteiger partial charge >= 0.3 is 6.09 Å². The first-order valence-corrected chi connectivity index (χ1v) is 32.7. The van der Waals surface area contributed by atoms with Crippen molar-refractivity contribution in [2.75, 3.05) is 13.7 Å². The van der Waals surface area contributed by atoms with Gasteiger partial charge in [-0.15, -0.1) is 0 Å². The lowest BCUT2D eigenvalue weighted by Gasteiger charge is -2.39. The molecule has 548 valence electrons. The zero-order chi connectivity index (χ0) is 75.0. The number of nitrogens with two attached hydrogens (primary N) is 1. The lowest BCUT2D eigenvalue weighted by molar-refractivity contribution is -0.277. The molecule has 34 heteroatoms. The van der Waals surface area contributed by atoms with Gasteiger partial charge in [0.2, 0.25) is 59.3 Å². The number of rotatable bonds is 11. The molecule has 5 aromatic rings. The summed E-state index contributed by atoms with van der Waals surface area (Å²) in [5.41, 5.74) is 1.24. The maximum atomic E-state index is 16.0. The average Bonchev–Trinajstić information content (AvgIpc) is 0.767. The third-order valence-electron chi connectivity index (χ3n) is 16.7. The third kappa shape index (κ3) is 17.1. The monoisotopic (exact) mass is 1460 g/mol. The molecule has 0 saturated carbocycles. The molecule has 3 unspecified atom stereocenters. The third-order valence-corrected chi connectivity index (χ3v) is 17.3. The topological polar surface area (TPSA) is 495 Å². The van der Waals surface area contributed by atoms with Crippen molar-refractivity contribution in [1.82, 2.24) is 42.1 Å². The van der Waals surface area contributed by atoms with Crippen LogP contribution in [0.5, 0.6) is 46.0 Å². The molecular weight excluding hydrogens is 1380 g/mol. The highest BCUT2D eigenvalue weighted by Crippen LogP contribution is 2.49. The van der Waals surface area contributed by atoms with Crippen LogP contribution in [0, 0.1) is 5.92 Å². The van der Waals surface area contributed by atoms with Gasteiger partial charge in [0.05, 0.1) is 23.1 Å². The molecule has 18 N–H and O–H groups in total. The molecule has 0 spiro atoms. The summed E-state index contributed by atoms with van der Waals surface area (Å²) < 4.78 is 30.6. The normalized spacial score (nSPS) is 24.9. The molecular formula is C68H79Cl2N9O23. The van der Waals surface area contributed by atoms with Gasteiger partial charge in [-0.25, -0.2) is 4.79 Å². The number of benzene rings is 5. The molecule has 11 rings (SSSR count). The highest BCUT2D eigenvalue weighted by Gasteiger charge is 2.47. The number of hydrogen-bond donors (Lipinski definition) is 17.